The Hall–Kier alpha value is -1.59. The molecule has 0 spiro atoms. The molecule has 0 radical (unpaired) electrons. The van der Waals surface area contributed by atoms with Crippen LogP contribution in [0.4, 0.5) is 5.69 Å². The van der Waals surface area contributed by atoms with E-state index in [4.69, 9.17) is 22.4 Å². The summed E-state index contributed by atoms with van der Waals surface area (Å²) >= 11 is 5.88. The van der Waals surface area contributed by atoms with Gasteiger partial charge in [0, 0.05) is 10.7 Å². The molecule has 0 aliphatic heterocycles. The summed E-state index contributed by atoms with van der Waals surface area (Å²) in [6.45, 7) is 1.76. The van der Waals surface area contributed by atoms with Crippen molar-refractivity contribution in [3.05, 3.63) is 28.8 Å². The van der Waals surface area contributed by atoms with Crippen molar-refractivity contribution in [2.24, 2.45) is 5.73 Å². The van der Waals surface area contributed by atoms with Gasteiger partial charge in [0.25, 0.3) is 0 Å². The molecule has 4 N–H and O–H groups in total. The predicted molar refractivity (Wildman–Crippen MR) is 65.0 cm³/mol. The zero-order valence-corrected chi connectivity index (χ0v) is 9.99. The molecule has 17 heavy (non-hydrogen) atoms. The van der Waals surface area contributed by atoms with E-state index in [1.165, 1.54) is 0 Å². The summed E-state index contributed by atoms with van der Waals surface area (Å²) < 4.78 is 0. The first-order chi connectivity index (χ1) is 7.91. The summed E-state index contributed by atoms with van der Waals surface area (Å²) in [5, 5.41) is 11.7. The Morgan fingerprint density at radius 1 is 1.53 bits per heavy atom. The van der Waals surface area contributed by atoms with Crippen LogP contribution in [0.15, 0.2) is 18.2 Å². The Bertz CT molecular complexity index is 448. The molecule has 1 aromatic rings. The zero-order valence-electron chi connectivity index (χ0n) is 9.24. The molecule has 0 saturated heterocycles. The number of amides is 1. The molecule has 1 amide bonds. The molecule has 0 aromatic heterocycles. The van der Waals surface area contributed by atoms with Gasteiger partial charge in [-0.3, -0.25) is 9.59 Å². The maximum atomic E-state index is 11.5. The average Bonchev–Trinajstić information content (AvgIpc) is 2.24. The van der Waals surface area contributed by atoms with Crippen LogP contribution in [0.25, 0.3) is 0 Å². The summed E-state index contributed by atoms with van der Waals surface area (Å²) in [7, 11) is 0. The highest BCUT2D eigenvalue weighted by Crippen LogP contribution is 2.22. The van der Waals surface area contributed by atoms with Crippen LogP contribution in [0.1, 0.15) is 12.0 Å². The van der Waals surface area contributed by atoms with Gasteiger partial charge >= 0.3 is 5.97 Å². The number of carbonyl (C=O) groups excluding carboxylic acids is 1. The third-order valence-corrected chi connectivity index (χ3v) is 2.67. The molecule has 0 bridgehead atoms. The van der Waals surface area contributed by atoms with Crippen molar-refractivity contribution in [1.82, 2.24) is 0 Å². The Morgan fingerprint density at radius 2 is 2.18 bits per heavy atom. The molecule has 0 saturated carbocycles. The molecular formula is C11H13ClN2O3. The second-order valence-electron chi connectivity index (χ2n) is 3.61. The van der Waals surface area contributed by atoms with Crippen molar-refractivity contribution in [3.63, 3.8) is 0 Å². The van der Waals surface area contributed by atoms with Gasteiger partial charge in [-0.05, 0) is 24.6 Å². The van der Waals surface area contributed by atoms with Gasteiger partial charge in [-0.25, -0.2) is 0 Å². The van der Waals surface area contributed by atoms with Crippen LogP contribution in [-0.2, 0) is 9.59 Å². The second-order valence-corrected chi connectivity index (χ2v) is 4.02. The first-order valence-electron chi connectivity index (χ1n) is 4.95. The van der Waals surface area contributed by atoms with Gasteiger partial charge in [0.05, 0.1) is 6.42 Å². The summed E-state index contributed by atoms with van der Waals surface area (Å²) in [5.74, 6) is -1.66. The zero-order chi connectivity index (χ0) is 13.0. The largest absolute Gasteiger partial charge is 0.480 e. The van der Waals surface area contributed by atoms with E-state index in [0.29, 0.717) is 10.7 Å². The normalized spacial score (nSPS) is 11.9. The van der Waals surface area contributed by atoms with Crippen LogP contribution in [-0.4, -0.2) is 23.0 Å². The van der Waals surface area contributed by atoms with E-state index in [2.05, 4.69) is 5.32 Å². The van der Waals surface area contributed by atoms with E-state index in [9.17, 15) is 9.59 Å². The molecule has 1 atom stereocenters. The summed E-state index contributed by atoms with van der Waals surface area (Å²) in [6.07, 6.45) is -0.277. The van der Waals surface area contributed by atoms with Crippen molar-refractivity contribution < 1.29 is 14.7 Å². The number of nitrogens with one attached hydrogen (secondary N) is 1. The molecule has 5 nitrogen and oxygen atoms in total. The number of aliphatic carboxylic acids is 1. The molecule has 0 fully saturated rings. The molecule has 1 rings (SSSR count). The van der Waals surface area contributed by atoms with Crippen molar-refractivity contribution in [1.29, 1.82) is 0 Å². The molecular weight excluding hydrogens is 244 g/mol. The van der Waals surface area contributed by atoms with Gasteiger partial charge in [-0.1, -0.05) is 17.7 Å². The van der Waals surface area contributed by atoms with Crippen LogP contribution in [0.3, 0.4) is 0 Å². The van der Waals surface area contributed by atoms with Gasteiger partial charge in [0.1, 0.15) is 6.04 Å². The average molecular weight is 257 g/mol. The number of benzene rings is 1. The minimum atomic E-state index is -1.21. The quantitative estimate of drug-likeness (QED) is 0.759. The lowest BCUT2D eigenvalue weighted by Crippen LogP contribution is -2.34. The molecule has 1 aromatic carbocycles. The van der Waals surface area contributed by atoms with Gasteiger partial charge in [-0.15, -0.1) is 0 Å². The summed E-state index contributed by atoms with van der Waals surface area (Å²) in [5.41, 5.74) is 6.54. The summed E-state index contributed by atoms with van der Waals surface area (Å²) in [4.78, 5) is 22.0. The topological polar surface area (TPSA) is 92.4 Å². The fourth-order valence-electron chi connectivity index (χ4n) is 1.23. The lowest BCUT2D eigenvalue weighted by atomic mass is 10.1. The number of nitrogens with two attached hydrogens (primary N) is 1. The Labute approximate surface area is 104 Å². The van der Waals surface area contributed by atoms with E-state index in [1.54, 1.807) is 25.1 Å². The molecule has 6 heteroatoms. The minimum absolute atomic E-state index is 0.277. The first-order valence-corrected chi connectivity index (χ1v) is 5.33. The number of anilines is 1. The second kappa shape index (κ2) is 5.65. The number of carbonyl (C=O) groups is 2. The van der Waals surface area contributed by atoms with Gasteiger partial charge < -0.3 is 16.2 Å². The highest BCUT2D eigenvalue weighted by molar-refractivity contribution is 6.31. The van der Waals surface area contributed by atoms with Gasteiger partial charge in [-0.2, -0.15) is 0 Å². The molecule has 92 valence electrons. The van der Waals surface area contributed by atoms with E-state index < -0.39 is 17.9 Å². The van der Waals surface area contributed by atoms with Crippen LogP contribution in [0.5, 0.6) is 0 Å². The lowest BCUT2D eigenvalue weighted by Gasteiger charge is -2.10. The fraction of sp³-hybridized carbons (Fsp3) is 0.273. The van der Waals surface area contributed by atoms with E-state index >= 15 is 0 Å². The van der Waals surface area contributed by atoms with Crippen molar-refractivity contribution in [2.45, 2.75) is 19.4 Å². The monoisotopic (exact) mass is 256 g/mol. The Balaban J connectivity index is 2.69. The highest BCUT2D eigenvalue weighted by Gasteiger charge is 2.16. The Morgan fingerprint density at radius 3 is 2.76 bits per heavy atom. The third kappa shape index (κ3) is 3.72. The van der Waals surface area contributed by atoms with Crippen LogP contribution in [0, 0.1) is 6.92 Å². The van der Waals surface area contributed by atoms with Crippen LogP contribution < -0.4 is 11.1 Å². The number of carboxylic acids is 1. The van der Waals surface area contributed by atoms with Crippen LogP contribution in [0.2, 0.25) is 5.02 Å². The smallest absolute Gasteiger partial charge is 0.321 e. The maximum absolute atomic E-state index is 11.5. The highest BCUT2D eigenvalue weighted by atomic mass is 35.5. The van der Waals surface area contributed by atoms with E-state index in [0.717, 1.165) is 5.56 Å². The van der Waals surface area contributed by atoms with Gasteiger partial charge in [0.15, 0.2) is 0 Å². The number of hydrogen-bond acceptors (Lipinski definition) is 3. The predicted octanol–water partition coefficient (Wildman–Crippen LogP) is 1.39. The minimum Gasteiger partial charge on any atom is -0.480 e. The summed E-state index contributed by atoms with van der Waals surface area (Å²) in [6, 6.07) is 3.89. The van der Waals surface area contributed by atoms with Gasteiger partial charge in [0.2, 0.25) is 5.91 Å². The van der Waals surface area contributed by atoms with E-state index in [-0.39, 0.29) is 6.42 Å². The molecule has 1 unspecified atom stereocenters. The molecule has 0 heterocycles. The lowest BCUT2D eigenvalue weighted by molar-refractivity contribution is -0.140. The van der Waals surface area contributed by atoms with E-state index in [1.807, 2.05) is 0 Å². The fourth-order valence-corrected chi connectivity index (χ4v) is 1.41. The van der Waals surface area contributed by atoms with Crippen molar-refractivity contribution in [3.8, 4) is 0 Å². The maximum Gasteiger partial charge on any atom is 0.321 e. The number of hydrogen-bond donors (Lipinski definition) is 3. The Kier molecular flexibility index (Phi) is 4.48. The SMILES string of the molecule is Cc1c(Cl)cccc1NC(=O)CC(N)C(=O)O. The van der Waals surface area contributed by atoms with Crippen LogP contribution >= 0.6 is 11.6 Å². The third-order valence-electron chi connectivity index (χ3n) is 2.26. The first kappa shape index (κ1) is 13.5. The van der Waals surface area contributed by atoms with Crippen molar-refractivity contribution >= 4 is 29.2 Å². The standard InChI is InChI=1S/C11H13ClN2O3/c1-6-7(12)3-2-4-9(6)14-10(15)5-8(13)11(16)17/h2-4,8H,5,13H2,1H3,(H,14,15)(H,16,17). The van der Waals surface area contributed by atoms with Crippen molar-refractivity contribution in [2.75, 3.05) is 5.32 Å². The number of carboxylic acid groups (broad SMARTS) is 1. The molecule has 0 aliphatic carbocycles. The molecule has 0 aliphatic rings. The number of rotatable bonds is 4. The number of halogens is 1.